The van der Waals surface area contributed by atoms with Crippen LogP contribution in [0.25, 0.3) is 0 Å². The largest absolute Gasteiger partial charge is 0.278 e. The van der Waals surface area contributed by atoms with Gasteiger partial charge < -0.3 is 0 Å². The van der Waals surface area contributed by atoms with E-state index in [1.165, 1.54) is 41.4 Å². The second-order valence-electron chi connectivity index (χ2n) is 7.71. The quantitative estimate of drug-likeness (QED) is 0.657. The van der Waals surface area contributed by atoms with Gasteiger partial charge in [-0.3, -0.25) is 4.72 Å². The predicted molar refractivity (Wildman–Crippen MR) is 120 cm³/mol. The molecule has 9 heteroatoms. The normalized spacial score (nSPS) is 18.7. The van der Waals surface area contributed by atoms with E-state index in [9.17, 15) is 16.8 Å². The van der Waals surface area contributed by atoms with Crippen LogP contribution in [0.3, 0.4) is 0 Å². The number of nitrogens with zero attached hydrogens (tertiary/aromatic N) is 1. The van der Waals surface area contributed by atoms with Crippen LogP contribution in [0.2, 0.25) is 0 Å². The molecule has 2 aliphatic rings. The molecule has 162 valence electrons. The van der Waals surface area contributed by atoms with Crippen LogP contribution in [0.15, 0.2) is 63.2 Å². The molecule has 2 aromatic carbocycles. The molecule has 30 heavy (non-hydrogen) atoms. The van der Waals surface area contributed by atoms with E-state index in [1.54, 1.807) is 17.8 Å². The summed E-state index contributed by atoms with van der Waals surface area (Å²) in [6.07, 6.45) is 6.45. The van der Waals surface area contributed by atoms with Gasteiger partial charge in [0.15, 0.2) is 0 Å². The molecule has 0 amide bonds. The van der Waals surface area contributed by atoms with E-state index < -0.39 is 20.0 Å². The zero-order valence-corrected chi connectivity index (χ0v) is 19.1. The number of benzene rings is 2. The van der Waals surface area contributed by atoms with E-state index in [0.717, 1.165) is 30.6 Å². The molecule has 1 aliphatic heterocycles. The standard InChI is InChI=1S/C21H26N2O4S3/c24-29(25,22-20-9-3-4-10-21(20)28-17-7-1-2-8-17)18-11-13-19(14-12-18)30(26,27)23-15-5-6-16-23/h3-4,9-14,17,22H,1-2,5-8,15-16H2. The van der Waals surface area contributed by atoms with Crippen LogP contribution in [0.1, 0.15) is 38.5 Å². The molecule has 2 fully saturated rings. The molecule has 2 aromatic rings. The number of hydrogen-bond acceptors (Lipinski definition) is 5. The summed E-state index contributed by atoms with van der Waals surface area (Å²) in [7, 11) is -7.39. The van der Waals surface area contributed by atoms with Crippen LogP contribution in [0.5, 0.6) is 0 Å². The van der Waals surface area contributed by atoms with Crippen LogP contribution in [-0.2, 0) is 20.0 Å². The Morgan fingerprint density at radius 3 is 2.07 bits per heavy atom. The summed E-state index contributed by atoms with van der Waals surface area (Å²) >= 11 is 1.72. The molecular formula is C21H26N2O4S3. The summed E-state index contributed by atoms with van der Waals surface area (Å²) in [5.74, 6) is 0. The van der Waals surface area contributed by atoms with Crippen LogP contribution < -0.4 is 4.72 Å². The average molecular weight is 467 g/mol. The molecule has 1 saturated heterocycles. The fourth-order valence-corrected chi connectivity index (χ4v) is 7.90. The third kappa shape index (κ3) is 4.69. The van der Waals surface area contributed by atoms with Gasteiger partial charge in [-0.05, 0) is 62.1 Å². The molecule has 0 radical (unpaired) electrons. The lowest BCUT2D eigenvalue weighted by Gasteiger charge is -2.16. The minimum absolute atomic E-state index is 0.0449. The molecule has 0 spiro atoms. The first-order chi connectivity index (χ1) is 14.4. The summed E-state index contributed by atoms with van der Waals surface area (Å²) in [5.41, 5.74) is 0.558. The lowest BCUT2D eigenvalue weighted by atomic mass is 10.3. The van der Waals surface area contributed by atoms with Gasteiger partial charge in [0.2, 0.25) is 10.0 Å². The van der Waals surface area contributed by atoms with Gasteiger partial charge in [0.05, 0.1) is 15.5 Å². The van der Waals surface area contributed by atoms with Gasteiger partial charge in [0.1, 0.15) is 0 Å². The first-order valence-electron chi connectivity index (χ1n) is 10.2. The van der Waals surface area contributed by atoms with Crippen molar-refractivity contribution >= 4 is 37.5 Å². The Labute approximate surface area is 183 Å². The number of rotatable bonds is 7. The van der Waals surface area contributed by atoms with Gasteiger partial charge in [-0.25, -0.2) is 16.8 Å². The molecule has 1 heterocycles. The molecule has 0 aromatic heterocycles. The zero-order chi connectivity index (χ0) is 21.2. The van der Waals surface area contributed by atoms with Crippen molar-refractivity contribution in [1.82, 2.24) is 4.31 Å². The smallest absolute Gasteiger partial charge is 0.261 e. The number of para-hydroxylation sites is 1. The van der Waals surface area contributed by atoms with Crippen molar-refractivity contribution in [2.45, 2.75) is 58.5 Å². The Morgan fingerprint density at radius 1 is 0.800 bits per heavy atom. The molecule has 0 unspecified atom stereocenters. The van der Waals surface area contributed by atoms with Crippen molar-refractivity contribution in [3.63, 3.8) is 0 Å². The average Bonchev–Trinajstić information content (AvgIpc) is 3.44. The molecule has 0 atom stereocenters. The van der Waals surface area contributed by atoms with Gasteiger partial charge in [0, 0.05) is 23.2 Å². The number of thioether (sulfide) groups is 1. The Kier molecular flexibility index (Phi) is 6.43. The molecule has 1 aliphatic carbocycles. The Balaban J connectivity index is 1.53. The molecule has 6 nitrogen and oxygen atoms in total. The Hall–Kier alpha value is -1.55. The number of nitrogens with one attached hydrogen (secondary N) is 1. The fourth-order valence-electron chi connectivity index (χ4n) is 3.91. The van der Waals surface area contributed by atoms with Crippen molar-refractivity contribution in [3.05, 3.63) is 48.5 Å². The highest BCUT2D eigenvalue weighted by Crippen LogP contribution is 2.38. The first-order valence-corrected chi connectivity index (χ1v) is 14.1. The number of sulfonamides is 2. The number of anilines is 1. The SMILES string of the molecule is O=S(=O)(Nc1ccccc1SC1CCCC1)c1ccc(S(=O)(=O)N2CCCC2)cc1. The van der Waals surface area contributed by atoms with E-state index in [4.69, 9.17) is 0 Å². The second-order valence-corrected chi connectivity index (χ2v) is 12.7. The van der Waals surface area contributed by atoms with Crippen molar-refractivity contribution in [1.29, 1.82) is 0 Å². The van der Waals surface area contributed by atoms with Crippen LogP contribution in [-0.4, -0.2) is 39.5 Å². The van der Waals surface area contributed by atoms with Gasteiger partial charge in [-0.1, -0.05) is 25.0 Å². The van der Waals surface area contributed by atoms with Crippen molar-refractivity contribution in [2.24, 2.45) is 0 Å². The third-order valence-corrected chi connectivity index (χ3v) is 10.3. The van der Waals surface area contributed by atoms with Gasteiger partial charge in [-0.2, -0.15) is 4.31 Å². The Morgan fingerprint density at radius 2 is 1.40 bits per heavy atom. The summed E-state index contributed by atoms with van der Waals surface area (Å²) < 4.78 is 55.3. The molecule has 0 bridgehead atoms. The van der Waals surface area contributed by atoms with E-state index in [0.29, 0.717) is 24.0 Å². The zero-order valence-electron chi connectivity index (χ0n) is 16.7. The van der Waals surface area contributed by atoms with E-state index in [1.807, 2.05) is 18.2 Å². The second kappa shape index (κ2) is 8.90. The fraction of sp³-hybridized carbons (Fsp3) is 0.429. The summed E-state index contributed by atoms with van der Waals surface area (Å²) in [6.45, 7) is 1.03. The third-order valence-electron chi connectivity index (χ3n) is 5.56. The maximum absolute atomic E-state index is 12.9. The monoisotopic (exact) mass is 466 g/mol. The van der Waals surface area contributed by atoms with Gasteiger partial charge in [-0.15, -0.1) is 11.8 Å². The van der Waals surface area contributed by atoms with E-state index in [-0.39, 0.29) is 9.79 Å². The van der Waals surface area contributed by atoms with E-state index in [2.05, 4.69) is 4.72 Å². The maximum Gasteiger partial charge on any atom is 0.261 e. The lowest BCUT2D eigenvalue weighted by molar-refractivity contribution is 0.477. The van der Waals surface area contributed by atoms with Gasteiger partial charge >= 0.3 is 0 Å². The van der Waals surface area contributed by atoms with Crippen LogP contribution >= 0.6 is 11.8 Å². The molecule has 1 N–H and O–H groups in total. The van der Waals surface area contributed by atoms with Crippen LogP contribution in [0.4, 0.5) is 5.69 Å². The van der Waals surface area contributed by atoms with E-state index >= 15 is 0 Å². The Bertz CT molecular complexity index is 1090. The summed E-state index contributed by atoms with van der Waals surface area (Å²) in [4.78, 5) is 1.09. The minimum atomic E-state index is -3.82. The number of hydrogen-bond donors (Lipinski definition) is 1. The predicted octanol–water partition coefficient (Wildman–Crippen LogP) is 4.31. The maximum atomic E-state index is 12.9. The highest BCUT2D eigenvalue weighted by molar-refractivity contribution is 8.00. The lowest BCUT2D eigenvalue weighted by Crippen LogP contribution is -2.27. The van der Waals surface area contributed by atoms with Crippen molar-refractivity contribution in [3.8, 4) is 0 Å². The van der Waals surface area contributed by atoms with Crippen molar-refractivity contribution in [2.75, 3.05) is 17.8 Å². The van der Waals surface area contributed by atoms with Gasteiger partial charge in [0.25, 0.3) is 10.0 Å². The molecular weight excluding hydrogens is 440 g/mol. The topological polar surface area (TPSA) is 83.5 Å². The molecule has 1 saturated carbocycles. The highest BCUT2D eigenvalue weighted by atomic mass is 32.2. The van der Waals surface area contributed by atoms with Crippen molar-refractivity contribution < 1.29 is 16.8 Å². The molecule has 4 rings (SSSR count). The summed E-state index contributed by atoms with van der Waals surface area (Å²) in [5, 5.41) is 0.519. The van der Waals surface area contributed by atoms with Crippen LogP contribution in [0, 0.1) is 0 Å². The highest BCUT2D eigenvalue weighted by Gasteiger charge is 2.28. The first kappa shape index (κ1) is 21.7. The summed E-state index contributed by atoms with van der Waals surface area (Å²) in [6, 6.07) is 12.9. The minimum Gasteiger partial charge on any atom is -0.278 e.